The molecular weight excluding hydrogens is 158 g/mol. The summed E-state index contributed by atoms with van der Waals surface area (Å²) in [7, 11) is 0. The van der Waals surface area contributed by atoms with E-state index in [0.717, 1.165) is 0 Å². The van der Waals surface area contributed by atoms with Crippen LogP contribution in [0, 0.1) is 6.92 Å². The standard InChI is InChI=1S/C8H9NO3/c1-4-5(3-10)2-6(9)8(12)7(4)11/h2-3,11-12H,9H2,1H3. The zero-order chi connectivity index (χ0) is 9.30. The number of phenols is 2. The second-order valence-corrected chi connectivity index (χ2v) is 2.50. The minimum atomic E-state index is -0.377. The third-order valence-electron chi connectivity index (χ3n) is 1.72. The molecule has 0 aliphatic rings. The maximum Gasteiger partial charge on any atom is 0.181 e. The van der Waals surface area contributed by atoms with E-state index in [9.17, 15) is 9.90 Å². The van der Waals surface area contributed by atoms with Crippen LogP contribution >= 0.6 is 0 Å². The molecule has 0 bridgehead atoms. The fraction of sp³-hybridized carbons (Fsp3) is 0.125. The van der Waals surface area contributed by atoms with E-state index < -0.39 is 0 Å². The van der Waals surface area contributed by atoms with E-state index in [1.807, 2.05) is 0 Å². The van der Waals surface area contributed by atoms with Crippen LogP contribution in [0.4, 0.5) is 5.69 Å². The first-order valence-electron chi connectivity index (χ1n) is 3.34. The molecule has 0 aliphatic carbocycles. The molecule has 0 heterocycles. The molecule has 0 unspecified atom stereocenters. The van der Waals surface area contributed by atoms with Gasteiger partial charge in [-0.2, -0.15) is 0 Å². The number of hydrogen-bond acceptors (Lipinski definition) is 4. The number of hydrogen-bond donors (Lipinski definition) is 3. The number of rotatable bonds is 1. The van der Waals surface area contributed by atoms with Crippen molar-refractivity contribution in [3.63, 3.8) is 0 Å². The number of carbonyl (C=O) groups is 1. The molecule has 4 heteroatoms. The zero-order valence-corrected chi connectivity index (χ0v) is 6.53. The van der Waals surface area contributed by atoms with Crippen molar-refractivity contribution in [1.29, 1.82) is 0 Å². The van der Waals surface area contributed by atoms with Crippen LogP contribution in [0.15, 0.2) is 6.07 Å². The second-order valence-electron chi connectivity index (χ2n) is 2.50. The van der Waals surface area contributed by atoms with Gasteiger partial charge in [-0.05, 0) is 13.0 Å². The summed E-state index contributed by atoms with van der Waals surface area (Å²) in [5, 5.41) is 18.3. The first-order valence-corrected chi connectivity index (χ1v) is 3.34. The Hall–Kier alpha value is -1.71. The van der Waals surface area contributed by atoms with Gasteiger partial charge in [-0.15, -0.1) is 0 Å². The molecule has 4 N–H and O–H groups in total. The van der Waals surface area contributed by atoms with Crippen molar-refractivity contribution in [2.75, 3.05) is 5.73 Å². The number of carbonyl (C=O) groups excluding carboxylic acids is 1. The Balaban J connectivity index is 3.49. The van der Waals surface area contributed by atoms with Gasteiger partial charge in [0, 0.05) is 11.1 Å². The van der Waals surface area contributed by atoms with E-state index in [4.69, 9.17) is 10.8 Å². The van der Waals surface area contributed by atoms with Crippen LogP contribution in [-0.4, -0.2) is 16.5 Å². The average Bonchev–Trinajstić information content (AvgIpc) is 2.08. The lowest BCUT2D eigenvalue weighted by Crippen LogP contribution is -1.93. The van der Waals surface area contributed by atoms with Gasteiger partial charge in [0.1, 0.15) is 0 Å². The zero-order valence-electron chi connectivity index (χ0n) is 6.53. The maximum atomic E-state index is 10.4. The lowest BCUT2D eigenvalue weighted by Gasteiger charge is -2.06. The summed E-state index contributed by atoms with van der Waals surface area (Å²) < 4.78 is 0. The molecule has 1 aromatic rings. The lowest BCUT2D eigenvalue weighted by molar-refractivity contribution is 0.112. The predicted molar refractivity (Wildman–Crippen MR) is 44.3 cm³/mol. The Labute approximate surface area is 69.3 Å². The van der Waals surface area contributed by atoms with Crippen molar-refractivity contribution in [1.82, 2.24) is 0 Å². The molecule has 0 aromatic heterocycles. The van der Waals surface area contributed by atoms with Crippen LogP contribution in [0.3, 0.4) is 0 Å². The summed E-state index contributed by atoms with van der Waals surface area (Å²) in [6.45, 7) is 1.53. The van der Waals surface area contributed by atoms with Crippen LogP contribution in [0.5, 0.6) is 11.5 Å². The Morgan fingerprint density at radius 1 is 1.42 bits per heavy atom. The number of anilines is 1. The maximum absolute atomic E-state index is 10.4. The molecule has 0 aliphatic heterocycles. The number of nitrogens with two attached hydrogens (primary N) is 1. The minimum Gasteiger partial charge on any atom is -0.504 e. The molecule has 0 atom stereocenters. The van der Waals surface area contributed by atoms with Gasteiger partial charge in [-0.3, -0.25) is 4.79 Å². The third-order valence-corrected chi connectivity index (χ3v) is 1.72. The van der Waals surface area contributed by atoms with E-state index in [0.29, 0.717) is 11.8 Å². The fourth-order valence-electron chi connectivity index (χ4n) is 0.918. The van der Waals surface area contributed by atoms with Crippen molar-refractivity contribution in [2.24, 2.45) is 0 Å². The fourth-order valence-corrected chi connectivity index (χ4v) is 0.918. The summed E-state index contributed by atoms with van der Waals surface area (Å²) in [6, 6.07) is 1.32. The van der Waals surface area contributed by atoms with E-state index in [2.05, 4.69) is 0 Å². The number of benzene rings is 1. The SMILES string of the molecule is Cc1c(C=O)cc(N)c(O)c1O. The molecule has 0 saturated carbocycles. The normalized spacial score (nSPS) is 9.75. The highest BCUT2D eigenvalue weighted by atomic mass is 16.3. The van der Waals surface area contributed by atoms with E-state index >= 15 is 0 Å². The summed E-state index contributed by atoms with van der Waals surface area (Å²) >= 11 is 0. The van der Waals surface area contributed by atoms with Gasteiger partial charge >= 0.3 is 0 Å². The number of nitrogen functional groups attached to an aromatic ring is 1. The van der Waals surface area contributed by atoms with Crippen LogP contribution in [0.25, 0.3) is 0 Å². The second kappa shape index (κ2) is 2.73. The number of aldehydes is 1. The van der Waals surface area contributed by atoms with Crippen molar-refractivity contribution in [3.8, 4) is 11.5 Å². The first kappa shape index (κ1) is 8.39. The lowest BCUT2D eigenvalue weighted by atomic mass is 10.1. The van der Waals surface area contributed by atoms with Gasteiger partial charge < -0.3 is 15.9 Å². The molecule has 0 amide bonds. The van der Waals surface area contributed by atoms with E-state index in [1.54, 1.807) is 0 Å². The molecule has 1 aromatic carbocycles. The Morgan fingerprint density at radius 3 is 2.50 bits per heavy atom. The highest BCUT2D eigenvalue weighted by molar-refractivity contribution is 5.83. The molecular formula is C8H9NO3. The largest absolute Gasteiger partial charge is 0.504 e. The smallest absolute Gasteiger partial charge is 0.181 e. The number of aromatic hydroxyl groups is 2. The highest BCUT2D eigenvalue weighted by Crippen LogP contribution is 2.35. The highest BCUT2D eigenvalue weighted by Gasteiger charge is 2.10. The molecule has 0 radical (unpaired) electrons. The Kier molecular flexibility index (Phi) is 1.91. The van der Waals surface area contributed by atoms with Gasteiger partial charge in [0.25, 0.3) is 0 Å². The van der Waals surface area contributed by atoms with E-state index in [-0.39, 0.29) is 22.7 Å². The summed E-state index contributed by atoms with van der Waals surface area (Å²) in [5.74, 6) is -0.713. The summed E-state index contributed by atoms with van der Waals surface area (Å²) in [5.41, 5.74) is 5.91. The Bertz CT molecular complexity index is 334. The first-order chi connectivity index (χ1) is 5.57. The Morgan fingerprint density at radius 2 is 2.00 bits per heavy atom. The van der Waals surface area contributed by atoms with E-state index in [1.165, 1.54) is 13.0 Å². The third kappa shape index (κ3) is 1.07. The van der Waals surface area contributed by atoms with Gasteiger partial charge in [0.15, 0.2) is 17.8 Å². The monoisotopic (exact) mass is 167 g/mol. The molecule has 0 fully saturated rings. The van der Waals surface area contributed by atoms with Crippen LogP contribution < -0.4 is 5.73 Å². The van der Waals surface area contributed by atoms with Crippen molar-refractivity contribution >= 4 is 12.0 Å². The summed E-state index contributed by atoms with van der Waals surface area (Å²) in [4.78, 5) is 10.4. The molecule has 0 saturated heterocycles. The molecule has 64 valence electrons. The molecule has 4 nitrogen and oxygen atoms in total. The topological polar surface area (TPSA) is 83.6 Å². The van der Waals surface area contributed by atoms with Gasteiger partial charge in [-0.1, -0.05) is 0 Å². The molecule has 12 heavy (non-hydrogen) atoms. The predicted octanol–water partition coefficient (Wildman–Crippen LogP) is 0.801. The molecule has 1 rings (SSSR count). The van der Waals surface area contributed by atoms with Crippen molar-refractivity contribution < 1.29 is 15.0 Å². The van der Waals surface area contributed by atoms with Crippen LogP contribution in [-0.2, 0) is 0 Å². The van der Waals surface area contributed by atoms with Crippen LogP contribution in [0.2, 0.25) is 0 Å². The minimum absolute atomic E-state index is 0.000185. The molecule has 0 spiro atoms. The number of phenolic OH excluding ortho intramolecular Hbond substituents is 2. The average molecular weight is 167 g/mol. The summed E-state index contributed by atoms with van der Waals surface area (Å²) in [6.07, 6.45) is 0.574. The van der Waals surface area contributed by atoms with Crippen molar-refractivity contribution in [3.05, 3.63) is 17.2 Å². The van der Waals surface area contributed by atoms with Gasteiger partial charge in [0.05, 0.1) is 5.69 Å². The van der Waals surface area contributed by atoms with Crippen LogP contribution in [0.1, 0.15) is 15.9 Å². The van der Waals surface area contributed by atoms with Crippen molar-refractivity contribution in [2.45, 2.75) is 6.92 Å². The van der Waals surface area contributed by atoms with Gasteiger partial charge in [-0.25, -0.2) is 0 Å². The van der Waals surface area contributed by atoms with Gasteiger partial charge in [0.2, 0.25) is 0 Å². The quantitative estimate of drug-likeness (QED) is 0.328.